The van der Waals surface area contributed by atoms with Crippen molar-refractivity contribution in [3.05, 3.63) is 57.2 Å². The van der Waals surface area contributed by atoms with Crippen LogP contribution < -0.4 is 0 Å². The Bertz CT molecular complexity index is 653. The van der Waals surface area contributed by atoms with Crippen molar-refractivity contribution in [2.24, 2.45) is 5.92 Å². The number of nitro groups is 1. The first-order valence-electron chi connectivity index (χ1n) is 8.55. The van der Waals surface area contributed by atoms with Crippen LogP contribution in [0.2, 0.25) is 0 Å². The van der Waals surface area contributed by atoms with Gasteiger partial charge in [0.1, 0.15) is 0 Å². The smallest absolute Gasteiger partial charge is 0.294 e. The van der Waals surface area contributed by atoms with Gasteiger partial charge < -0.3 is 0 Å². The molecule has 2 aromatic rings. The van der Waals surface area contributed by atoms with E-state index in [0.29, 0.717) is 0 Å². The van der Waals surface area contributed by atoms with E-state index in [0.717, 1.165) is 30.4 Å². The first-order valence-corrected chi connectivity index (χ1v) is 9.37. The van der Waals surface area contributed by atoms with Crippen LogP contribution in [-0.2, 0) is 13.1 Å². The van der Waals surface area contributed by atoms with E-state index in [1.807, 2.05) is 18.3 Å². The zero-order valence-corrected chi connectivity index (χ0v) is 14.6. The molecule has 0 unspecified atom stereocenters. The second kappa shape index (κ2) is 8.35. The first-order chi connectivity index (χ1) is 11.7. The maximum atomic E-state index is 10.9. The molecule has 0 atom stereocenters. The van der Waals surface area contributed by atoms with E-state index in [4.69, 9.17) is 0 Å². The third kappa shape index (κ3) is 4.85. The van der Waals surface area contributed by atoms with Crippen molar-refractivity contribution in [1.82, 2.24) is 9.88 Å². The predicted molar refractivity (Wildman–Crippen MR) is 95.9 cm³/mol. The third-order valence-corrected chi connectivity index (χ3v) is 5.60. The van der Waals surface area contributed by atoms with E-state index in [1.54, 1.807) is 12.3 Å². The van der Waals surface area contributed by atoms with Crippen LogP contribution in [-0.4, -0.2) is 21.4 Å². The SMILES string of the molecule is O=[N+]([O-])c1ccc(CN(Cc2cccnc2)CC2CCCCC2)s1. The summed E-state index contributed by atoms with van der Waals surface area (Å²) in [4.78, 5) is 18.3. The minimum Gasteiger partial charge on any atom is -0.294 e. The molecule has 24 heavy (non-hydrogen) atoms. The zero-order valence-electron chi connectivity index (χ0n) is 13.8. The third-order valence-electron chi connectivity index (χ3n) is 4.58. The molecule has 0 saturated heterocycles. The van der Waals surface area contributed by atoms with Gasteiger partial charge in [-0.25, -0.2) is 0 Å². The molecule has 0 radical (unpaired) electrons. The highest BCUT2D eigenvalue weighted by Gasteiger charge is 2.19. The fourth-order valence-electron chi connectivity index (χ4n) is 3.44. The largest absolute Gasteiger partial charge is 0.324 e. The summed E-state index contributed by atoms with van der Waals surface area (Å²) in [6.07, 6.45) is 10.3. The van der Waals surface area contributed by atoms with Crippen molar-refractivity contribution in [2.75, 3.05) is 6.54 Å². The second-order valence-corrected chi connectivity index (χ2v) is 7.68. The molecule has 1 saturated carbocycles. The standard InChI is InChI=1S/C18H23N3O2S/c22-21(23)18-9-8-17(24-18)14-20(12-15-5-2-1-3-6-15)13-16-7-4-10-19-11-16/h4,7-11,15H,1-3,5-6,12-14H2. The quantitative estimate of drug-likeness (QED) is 0.542. The molecule has 0 N–H and O–H groups in total. The fourth-order valence-corrected chi connectivity index (χ4v) is 4.30. The number of hydrogen-bond acceptors (Lipinski definition) is 5. The molecule has 0 bridgehead atoms. The molecule has 0 aromatic carbocycles. The normalized spacial score (nSPS) is 15.7. The summed E-state index contributed by atoms with van der Waals surface area (Å²) in [5, 5.41) is 11.1. The van der Waals surface area contributed by atoms with Crippen molar-refractivity contribution in [1.29, 1.82) is 0 Å². The van der Waals surface area contributed by atoms with Gasteiger partial charge in [-0.1, -0.05) is 36.7 Å². The Morgan fingerprint density at radius 1 is 1.21 bits per heavy atom. The number of pyridine rings is 1. The van der Waals surface area contributed by atoms with Crippen LogP contribution in [0.4, 0.5) is 5.00 Å². The van der Waals surface area contributed by atoms with Gasteiger partial charge in [0.15, 0.2) is 0 Å². The maximum Gasteiger partial charge on any atom is 0.324 e. The lowest BCUT2D eigenvalue weighted by Gasteiger charge is -2.29. The summed E-state index contributed by atoms with van der Waals surface area (Å²) in [6, 6.07) is 7.56. The van der Waals surface area contributed by atoms with E-state index in [9.17, 15) is 10.1 Å². The molecule has 128 valence electrons. The fraction of sp³-hybridized carbons (Fsp3) is 0.500. The Morgan fingerprint density at radius 3 is 2.71 bits per heavy atom. The highest BCUT2D eigenvalue weighted by Crippen LogP contribution is 2.28. The molecule has 0 aliphatic heterocycles. The highest BCUT2D eigenvalue weighted by molar-refractivity contribution is 7.15. The van der Waals surface area contributed by atoms with Gasteiger partial charge in [-0.2, -0.15) is 0 Å². The van der Waals surface area contributed by atoms with Crippen LogP contribution in [0.3, 0.4) is 0 Å². The lowest BCUT2D eigenvalue weighted by Crippen LogP contribution is -2.29. The number of hydrogen-bond donors (Lipinski definition) is 0. The van der Waals surface area contributed by atoms with E-state index in [1.165, 1.54) is 49.0 Å². The highest BCUT2D eigenvalue weighted by atomic mass is 32.1. The molecular weight excluding hydrogens is 322 g/mol. The lowest BCUT2D eigenvalue weighted by atomic mass is 9.89. The van der Waals surface area contributed by atoms with Crippen LogP contribution in [0.15, 0.2) is 36.7 Å². The summed E-state index contributed by atoms with van der Waals surface area (Å²) < 4.78 is 0. The maximum absolute atomic E-state index is 10.9. The monoisotopic (exact) mass is 345 g/mol. The summed E-state index contributed by atoms with van der Waals surface area (Å²) in [7, 11) is 0. The van der Waals surface area contributed by atoms with Gasteiger partial charge in [-0.3, -0.25) is 20.0 Å². The van der Waals surface area contributed by atoms with Crippen LogP contribution in [0.1, 0.15) is 42.5 Å². The van der Waals surface area contributed by atoms with Crippen LogP contribution in [0, 0.1) is 16.0 Å². The summed E-state index contributed by atoms with van der Waals surface area (Å²) in [5.74, 6) is 0.741. The molecule has 2 heterocycles. The summed E-state index contributed by atoms with van der Waals surface area (Å²) in [5.41, 5.74) is 1.19. The predicted octanol–water partition coefficient (Wildman–Crippen LogP) is 4.63. The Kier molecular flexibility index (Phi) is 5.93. The molecule has 5 nitrogen and oxygen atoms in total. The van der Waals surface area contributed by atoms with Crippen molar-refractivity contribution in [3.63, 3.8) is 0 Å². The Morgan fingerprint density at radius 2 is 2.04 bits per heavy atom. The van der Waals surface area contributed by atoms with Crippen LogP contribution in [0.5, 0.6) is 0 Å². The van der Waals surface area contributed by atoms with E-state index in [2.05, 4.69) is 16.0 Å². The van der Waals surface area contributed by atoms with Gasteiger partial charge in [-0.05, 0) is 36.5 Å². The lowest BCUT2D eigenvalue weighted by molar-refractivity contribution is -0.380. The van der Waals surface area contributed by atoms with E-state index < -0.39 is 0 Å². The van der Waals surface area contributed by atoms with Gasteiger partial charge in [-0.15, -0.1) is 0 Å². The minimum absolute atomic E-state index is 0.226. The molecular formula is C18H23N3O2S. The van der Waals surface area contributed by atoms with E-state index in [-0.39, 0.29) is 9.92 Å². The Hall–Kier alpha value is -1.79. The topological polar surface area (TPSA) is 59.3 Å². The molecule has 1 aliphatic rings. The Balaban J connectivity index is 1.68. The minimum atomic E-state index is -0.305. The molecule has 2 aromatic heterocycles. The molecule has 1 fully saturated rings. The summed E-state index contributed by atoms with van der Waals surface area (Å²) in [6.45, 7) is 2.67. The number of nitrogens with zero attached hydrogens (tertiary/aromatic N) is 3. The molecule has 6 heteroatoms. The molecule has 1 aliphatic carbocycles. The van der Waals surface area contributed by atoms with Crippen molar-refractivity contribution >= 4 is 16.3 Å². The van der Waals surface area contributed by atoms with Crippen LogP contribution in [0.25, 0.3) is 0 Å². The zero-order chi connectivity index (χ0) is 16.8. The van der Waals surface area contributed by atoms with Crippen molar-refractivity contribution in [2.45, 2.75) is 45.2 Å². The number of aromatic nitrogens is 1. The number of rotatable bonds is 7. The van der Waals surface area contributed by atoms with Crippen molar-refractivity contribution < 1.29 is 4.92 Å². The number of thiophene rings is 1. The van der Waals surface area contributed by atoms with Crippen molar-refractivity contribution in [3.8, 4) is 0 Å². The van der Waals surface area contributed by atoms with Gasteiger partial charge in [0.2, 0.25) is 0 Å². The summed E-state index contributed by atoms with van der Waals surface area (Å²) >= 11 is 1.29. The second-order valence-electron chi connectivity index (χ2n) is 6.53. The van der Waals surface area contributed by atoms with Crippen LogP contribution >= 0.6 is 11.3 Å². The average molecular weight is 345 g/mol. The molecule has 0 spiro atoms. The van der Waals surface area contributed by atoms with Gasteiger partial charge in [0.25, 0.3) is 0 Å². The molecule has 0 amide bonds. The molecule has 3 rings (SSSR count). The van der Waals surface area contributed by atoms with Gasteiger partial charge in [0.05, 0.1) is 4.92 Å². The van der Waals surface area contributed by atoms with E-state index >= 15 is 0 Å². The van der Waals surface area contributed by atoms with Gasteiger partial charge >= 0.3 is 5.00 Å². The van der Waals surface area contributed by atoms with Gasteiger partial charge in [0, 0.05) is 43.0 Å². The first kappa shape index (κ1) is 17.0. The average Bonchev–Trinajstić information content (AvgIpc) is 3.05. The Labute approximate surface area is 146 Å².